The lowest BCUT2D eigenvalue weighted by Crippen LogP contribution is -2.12. The molecule has 24 heavy (non-hydrogen) atoms. The fourth-order valence-corrected chi connectivity index (χ4v) is 3.10. The highest BCUT2D eigenvalue weighted by Crippen LogP contribution is 2.31. The van der Waals surface area contributed by atoms with Crippen LogP contribution in [-0.2, 0) is 4.79 Å². The van der Waals surface area contributed by atoms with Crippen molar-refractivity contribution >= 4 is 46.1 Å². The summed E-state index contributed by atoms with van der Waals surface area (Å²) in [4.78, 5) is 16.5. The first kappa shape index (κ1) is 17.0. The summed E-state index contributed by atoms with van der Waals surface area (Å²) in [6, 6.07) is 15.4. The van der Waals surface area contributed by atoms with Gasteiger partial charge < -0.3 is 10.1 Å². The van der Waals surface area contributed by atoms with Crippen molar-refractivity contribution in [2.75, 3.05) is 16.4 Å². The molecule has 4 nitrogen and oxygen atoms in total. The monoisotopic (exact) mass is 434 g/mol. The molecule has 0 fully saturated rings. The fraction of sp³-hybridized carbons (Fsp3) is 0.263. The lowest BCUT2D eigenvalue weighted by molar-refractivity contribution is -0.115. The van der Waals surface area contributed by atoms with Gasteiger partial charge in [-0.25, -0.2) is 0 Å². The number of hydrogen-bond acceptors (Lipinski definition) is 3. The minimum absolute atomic E-state index is 0.0323. The van der Waals surface area contributed by atoms with E-state index in [1.54, 1.807) is 6.21 Å². The van der Waals surface area contributed by atoms with Crippen LogP contribution in [0.5, 0.6) is 5.75 Å². The third-order valence-corrected chi connectivity index (χ3v) is 4.61. The Morgan fingerprint density at radius 1 is 1.12 bits per heavy atom. The van der Waals surface area contributed by atoms with Gasteiger partial charge in [0, 0.05) is 11.9 Å². The lowest BCUT2D eigenvalue weighted by Gasteiger charge is -2.05. The summed E-state index contributed by atoms with van der Waals surface area (Å²) < 4.78 is 6.84. The summed E-state index contributed by atoms with van der Waals surface area (Å²) in [5.74, 6) is 0.493. The van der Waals surface area contributed by atoms with Crippen LogP contribution >= 0.6 is 22.6 Å². The Morgan fingerprint density at radius 3 is 2.71 bits per heavy atom. The number of amides is 1. The van der Waals surface area contributed by atoms with E-state index in [0.29, 0.717) is 0 Å². The summed E-state index contributed by atoms with van der Waals surface area (Å²) in [5.41, 5.74) is 2.66. The lowest BCUT2D eigenvalue weighted by atomic mass is 10.0. The van der Waals surface area contributed by atoms with E-state index in [2.05, 4.69) is 32.9 Å². The third kappa shape index (κ3) is 4.14. The van der Waals surface area contributed by atoms with Crippen molar-refractivity contribution in [1.82, 2.24) is 0 Å². The average molecular weight is 434 g/mol. The van der Waals surface area contributed by atoms with E-state index in [0.717, 1.165) is 40.1 Å². The molecule has 2 aromatic carbocycles. The van der Waals surface area contributed by atoms with Gasteiger partial charge >= 0.3 is 0 Å². The van der Waals surface area contributed by atoms with E-state index < -0.39 is 0 Å². The molecular formula is C19H19IN2O2. The number of rotatable bonds is 7. The van der Waals surface area contributed by atoms with Crippen molar-refractivity contribution in [2.24, 2.45) is 4.99 Å². The molecule has 1 aliphatic rings. The zero-order chi connectivity index (χ0) is 16.8. The van der Waals surface area contributed by atoms with E-state index in [9.17, 15) is 4.79 Å². The number of para-hydroxylation sites is 1. The molecule has 0 aromatic heterocycles. The van der Waals surface area contributed by atoms with Crippen LogP contribution in [0.1, 0.15) is 24.3 Å². The highest BCUT2D eigenvalue weighted by atomic mass is 127. The second kappa shape index (κ2) is 8.28. The van der Waals surface area contributed by atoms with Gasteiger partial charge in [0.2, 0.25) is 5.91 Å². The number of aliphatic imine (C=N–C) groups is 1. The summed E-state index contributed by atoms with van der Waals surface area (Å²) in [5, 5.41) is 2.88. The fourth-order valence-electron chi connectivity index (χ4n) is 2.56. The van der Waals surface area contributed by atoms with Crippen molar-refractivity contribution in [3.8, 4) is 5.75 Å². The molecule has 0 bridgehead atoms. The highest BCUT2D eigenvalue weighted by Gasteiger charge is 2.28. The van der Waals surface area contributed by atoms with Crippen molar-refractivity contribution in [3.63, 3.8) is 0 Å². The van der Waals surface area contributed by atoms with E-state index in [-0.39, 0.29) is 11.8 Å². The summed E-state index contributed by atoms with van der Waals surface area (Å²) >= 11 is 2.37. The van der Waals surface area contributed by atoms with Crippen LogP contribution in [0, 0.1) is 0 Å². The normalized spacial score (nSPS) is 16.2. The van der Waals surface area contributed by atoms with Gasteiger partial charge in [0.15, 0.2) is 0 Å². The number of nitrogens with zero attached hydrogens (tertiary/aromatic N) is 1. The summed E-state index contributed by atoms with van der Waals surface area (Å²) in [7, 11) is 0. The molecule has 3 rings (SSSR count). The molecule has 1 heterocycles. The van der Waals surface area contributed by atoms with E-state index in [1.807, 2.05) is 48.5 Å². The molecule has 0 spiro atoms. The van der Waals surface area contributed by atoms with E-state index in [4.69, 9.17) is 4.74 Å². The SMILES string of the molecule is O=C1Nc2ccccc2C1C=Nc1ccc(OCCCCI)cc1. The number of halogens is 1. The topological polar surface area (TPSA) is 50.7 Å². The maximum Gasteiger partial charge on any atom is 0.237 e. The van der Waals surface area contributed by atoms with Crippen LogP contribution in [0.15, 0.2) is 53.5 Å². The number of hydrogen-bond donors (Lipinski definition) is 1. The van der Waals surface area contributed by atoms with Gasteiger partial charge in [-0.05, 0) is 53.2 Å². The zero-order valence-electron chi connectivity index (χ0n) is 13.2. The first-order chi connectivity index (χ1) is 11.8. The number of benzene rings is 2. The number of unbranched alkanes of at least 4 members (excludes halogenated alkanes) is 1. The Balaban J connectivity index is 1.62. The number of anilines is 1. The molecule has 1 aliphatic heterocycles. The van der Waals surface area contributed by atoms with Crippen molar-refractivity contribution < 1.29 is 9.53 Å². The van der Waals surface area contributed by atoms with Crippen molar-refractivity contribution in [3.05, 3.63) is 54.1 Å². The molecule has 2 aromatic rings. The molecule has 1 unspecified atom stereocenters. The van der Waals surface area contributed by atoms with Crippen molar-refractivity contribution in [1.29, 1.82) is 0 Å². The molecule has 0 saturated heterocycles. The van der Waals surface area contributed by atoms with Gasteiger partial charge in [-0.2, -0.15) is 0 Å². The molecule has 5 heteroatoms. The van der Waals surface area contributed by atoms with Crippen LogP contribution in [-0.4, -0.2) is 23.2 Å². The number of carbonyl (C=O) groups is 1. The first-order valence-electron chi connectivity index (χ1n) is 8.01. The zero-order valence-corrected chi connectivity index (χ0v) is 15.4. The number of fused-ring (bicyclic) bond motifs is 1. The molecule has 0 aliphatic carbocycles. The predicted molar refractivity (Wildman–Crippen MR) is 106 cm³/mol. The minimum atomic E-state index is -0.328. The van der Waals surface area contributed by atoms with Crippen LogP contribution in [0.4, 0.5) is 11.4 Å². The standard InChI is InChI=1S/C19H19IN2O2/c20-11-3-4-12-24-15-9-7-14(8-10-15)21-13-17-16-5-1-2-6-18(16)22-19(17)23/h1-2,5-10,13,17H,3-4,11-12H2,(H,22,23). The van der Waals surface area contributed by atoms with Gasteiger partial charge in [-0.1, -0.05) is 40.8 Å². The van der Waals surface area contributed by atoms with Crippen LogP contribution in [0.3, 0.4) is 0 Å². The Bertz CT molecular complexity index is 728. The summed E-state index contributed by atoms with van der Waals surface area (Å²) in [6.45, 7) is 0.741. The first-order valence-corrected chi connectivity index (χ1v) is 9.53. The van der Waals surface area contributed by atoms with Crippen LogP contribution in [0.2, 0.25) is 0 Å². The van der Waals surface area contributed by atoms with Gasteiger partial charge in [0.1, 0.15) is 11.7 Å². The molecule has 0 saturated carbocycles. The highest BCUT2D eigenvalue weighted by molar-refractivity contribution is 14.1. The summed E-state index contributed by atoms with van der Waals surface area (Å²) in [6.07, 6.45) is 3.95. The third-order valence-electron chi connectivity index (χ3n) is 3.84. The smallest absolute Gasteiger partial charge is 0.237 e. The van der Waals surface area contributed by atoms with Gasteiger partial charge in [0.05, 0.1) is 12.3 Å². The maximum atomic E-state index is 12.1. The Morgan fingerprint density at radius 2 is 1.92 bits per heavy atom. The Hall–Kier alpha value is -1.89. The van der Waals surface area contributed by atoms with Gasteiger partial charge in [-0.15, -0.1) is 0 Å². The quantitative estimate of drug-likeness (QED) is 0.297. The predicted octanol–water partition coefficient (Wildman–Crippen LogP) is 4.72. The molecule has 0 radical (unpaired) electrons. The van der Waals surface area contributed by atoms with Crippen LogP contribution < -0.4 is 10.1 Å². The van der Waals surface area contributed by atoms with Gasteiger partial charge in [0.25, 0.3) is 0 Å². The number of alkyl halides is 1. The van der Waals surface area contributed by atoms with E-state index >= 15 is 0 Å². The maximum absolute atomic E-state index is 12.1. The molecule has 1 N–H and O–H groups in total. The molecule has 1 amide bonds. The van der Waals surface area contributed by atoms with Crippen molar-refractivity contribution in [2.45, 2.75) is 18.8 Å². The molecule has 124 valence electrons. The second-order valence-electron chi connectivity index (χ2n) is 5.57. The van der Waals surface area contributed by atoms with Crippen LogP contribution in [0.25, 0.3) is 0 Å². The number of carbonyl (C=O) groups excluding carboxylic acids is 1. The second-order valence-corrected chi connectivity index (χ2v) is 6.65. The number of nitrogens with one attached hydrogen (secondary N) is 1. The van der Waals surface area contributed by atoms with E-state index in [1.165, 1.54) is 6.42 Å². The largest absolute Gasteiger partial charge is 0.494 e. The number of ether oxygens (including phenoxy) is 1. The molecular weight excluding hydrogens is 415 g/mol. The Labute approximate surface area is 155 Å². The Kier molecular flexibility index (Phi) is 5.85. The van der Waals surface area contributed by atoms with Gasteiger partial charge in [-0.3, -0.25) is 9.79 Å². The average Bonchev–Trinajstić information content (AvgIpc) is 2.93. The minimum Gasteiger partial charge on any atom is -0.494 e. The molecule has 1 atom stereocenters.